The molecule has 3 saturated heterocycles. The zero-order chi connectivity index (χ0) is 13.8. The summed E-state index contributed by atoms with van der Waals surface area (Å²) in [5.74, 6) is -1.21. The second-order valence-electron chi connectivity index (χ2n) is 6.14. The molecular weight excluding hydrogens is 252 g/mol. The molecule has 3 aliphatic rings. The lowest BCUT2D eigenvalue weighted by Crippen LogP contribution is -2.43. The highest BCUT2D eigenvalue weighted by Gasteiger charge is 2.58. The van der Waals surface area contributed by atoms with Gasteiger partial charge in [-0.1, -0.05) is 0 Å². The Kier molecular flexibility index (Phi) is 3.16. The Morgan fingerprint density at radius 1 is 0.947 bits per heavy atom. The average Bonchev–Trinajstić information content (AvgIpc) is 2.87. The van der Waals surface area contributed by atoms with Gasteiger partial charge in [-0.2, -0.15) is 0 Å². The third kappa shape index (κ3) is 2.41. The molecule has 110 valence electrons. The predicted molar refractivity (Wildman–Crippen MR) is 64.4 cm³/mol. The summed E-state index contributed by atoms with van der Waals surface area (Å²) in [7, 11) is 1.65. The molecule has 0 aromatic carbocycles. The van der Waals surface area contributed by atoms with Crippen molar-refractivity contribution < 1.29 is 28.4 Å². The van der Waals surface area contributed by atoms with Crippen molar-refractivity contribution in [3.05, 3.63) is 0 Å². The second kappa shape index (κ2) is 4.38. The lowest BCUT2D eigenvalue weighted by atomic mass is 10.1. The van der Waals surface area contributed by atoms with Crippen LogP contribution in [0.2, 0.25) is 0 Å². The first-order chi connectivity index (χ1) is 8.81. The van der Waals surface area contributed by atoms with Crippen molar-refractivity contribution in [1.29, 1.82) is 0 Å². The van der Waals surface area contributed by atoms with E-state index in [1.807, 2.05) is 27.7 Å². The van der Waals surface area contributed by atoms with Gasteiger partial charge in [0.05, 0.1) is 6.61 Å². The average molecular weight is 274 g/mol. The van der Waals surface area contributed by atoms with Crippen LogP contribution >= 0.6 is 0 Å². The van der Waals surface area contributed by atoms with Crippen molar-refractivity contribution in [2.24, 2.45) is 0 Å². The first-order valence-electron chi connectivity index (χ1n) is 6.67. The van der Waals surface area contributed by atoms with Crippen LogP contribution in [0, 0.1) is 0 Å². The summed E-state index contributed by atoms with van der Waals surface area (Å²) in [6.07, 6.45) is -1.25. The normalized spacial score (nSPS) is 47.5. The smallest absolute Gasteiger partial charge is 0.190 e. The van der Waals surface area contributed by atoms with E-state index in [0.29, 0.717) is 6.61 Å². The van der Waals surface area contributed by atoms with Crippen LogP contribution in [0.4, 0.5) is 0 Å². The summed E-state index contributed by atoms with van der Waals surface area (Å²) in [6, 6.07) is 0. The molecule has 0 bridgehead atoms. The number of hydrogen-bond donors (Lipinski definition) is 0. The third-order valence-corrected chi connectivity index (χ3v) is 3.70. The number of ether oxygens (including phenoxy) is 6. The fourth-order valence-electron chi connectivity index (χ4n) is 2.95. The number of rotatable bonds is 2. The van der Waals surface area contributed by atoms with Gasteiger partial charge in [0.15, 0.2) is 17.9 Å². The Hall–Kier alpha value is -0.240. The third-order valence-electron chi connectivity index (χ3n) is 3.70. The van der Waals surface area contributed by atoms with E-state index in [2.05, 4.69) is 0 Å². The maximum atomic E-state index is 5.92. The summed E-state index contributed by atoms with van der Waals surface area (Å²) in [5.41, 5.74) is 0. The van der Waals surface area contributed by atoms with Crippen LogP contribution in [-0.2, 0) is 28.4 Å². The van der Waals surface area contributed by atoms with E-state index in [1.165, 1.54) is 0 Å². The fraction of sp³-hybridized carbons (Fsp3) is 1.00. The van der Waals surface area contributed by atoms with E-state index in [1.54, 1.807) is 7.11 Å². The van der Waals surface area contributed by atoms with Crippen LogP contribution in [0.3, 0.4) is 0 Å². The zero-order valence-electron chi connectivity index (χ0n) is 12.0. The van der Waals surface area contributed by atoms with E-state index in [-0.39, 0.29) is 24.4 Å². The predicted octanol–water partition coefficient (Wildman–Crippen LogP) is 1.03. The first kappa shape index (κ1) is 13.7. The molecule has 0 radical (unpaired) electrons. The van der Waals surface area contributed by atoms with Gasteiger partial charge in [0.1, 0.15) is 24.4 Å². The van der Waals surface area contributed by atoms with E-state index in [4.69, 9.17) is 28.4 Å². The van der Waals surface area contributed by atoms with Gasteiger partial charge in [0.25, 0.3) is 0 Å². The van der Waals surface area contributed by atoms with Crippen molar-refractivity contribution >= 4 is 0 Å². The molecule has 0 aliphatic carbocycles. The molecule has 0 N–H and O–H groups in total. The van der Waals surface area contributed by atoms with Gasteiger partial charge in [-0.05, 0) is 27.7 Å². The van der Waals surface area contributed by atoms with Crippen LogP contribution in [0.5, 0.6) is 0 Å². The molecule has 0 spiro atoms. The lowest BCUT2D eigenvalue weighted by molar-refractivity contribution is -0.234. The molecule has 3 fully saturated rings. The maximum absolute atomic E-state index is 5.92. The number of fused-ring (bicyclic) bond motifs is 1. The summed E-state index contributed by atoms with van der Waals surface area (Å²) in [5, 5.41) is 0. The maximum Gasteiger partial charge on any atom is 0.190 e. The number of methoxy groups -OCH3 is 1. The molecule has 0 saturated carbocycles. The van der Waals surface area contributed by atoms with Gasteiger partial charge in [-0.3, -0.25) is 0 Å². The topological polar surface area (TPSA) is 55.4 Å². The molecular formula is C13H22O6. The van der Waals surface area contributed by atoms with E-state index >= 15 is 0 Å². The number of hydrogen-bond acceptors (Lipinski definition) is 6. The highest BCUT2D eigenvalue weighted by molar-refractivity contribution is 4.98. The lowest BCUT2D eigenvalue weighted by Gasteiger charge is -2.28. The monoisotopic (exact) mass is 274 g/mol. The molecule has 3 heterocycles. The van der Waals surface area contributed by atoms with Gasteiger partial charge in [-0.25, -0.2) is 0 Å². The van der Waals surface area contributed by atoms with Crippen LogP contribution in [-0.4, -0.2) is 56.0 Å². The quantitative estimate of drug-likeness (QED) is 0.749. The molecule has 3 aliphatic heterocycles. The molecule has 0 aromatic heterocycles. The van der Waals surface area contributed by atoms with Gasteiger partial charge in [0, 0.05) is 7.11 Å². The van der Waals surface area contributed by atoms with Crippen molar-refractivity contribution in [1.82, 2.24) is 0 Å². The Bertz CT molecular complexity index is 355. The van der Waals surface area contributed by atoms with Gasteiger partial charge < -0.3 is 28.4 Å². The Labute approximate surface area is 113 Å². The molecule has 0 aromatic rings. The van der Waals surface area contributed by atoms with Crippen LogP contribution in [0.25, 0.3) is 0 Å². The van der Waals surface area contributed by atoms with Crippen molar-refractivity contribution in [2.45, 2.75) is 70.0 Å². The Balaban J connectivity index is 1.72. The largest absolute Gasteiger partial charge is 0.376 e. The summed E-state index contributed by atoms with van der Waals surface area (Å²) >= 11 is 0. The Morgan fingerprint density at radius 3 is 2.26 bits per heavy atom. The standard InChI is InChI=1S/C13H22O6/c1-12(2)15-6-7(17-12)8-9(14-5)10-11(16-8)19-13(3,4)18-10/h7-11H,6H2,1-5H3/t7?,8-,9-,10?,11-/m1/s1. The van der Waals surface area contributed by atoms with E-state index in [9.17, 15) is 0 Å². The van der Waals surface area contributed by atoms with E-state index in [0.717, 1.165) is 0 Å². The summed E-state index contributed by atoms with van der Waals surface area (Å²) in [6.45, 7) is 8.01. The minimum atomic E-state index is -0.636. The molecule has 19 heavy (non-hydrogen) atoms. The Morgan fingerprint density at radius 2 is 1.68 bits per heavy atom. The van der Waals surface area contributed by atoms with Gasteiger partial charge in [0.2, 0.25) is 0 Å². The molecule has 6 nitrogen and oxygen atoms in total. The minimum Gasteiger partial charge on any atom is -0.376 e. The van der Waals surface area contributed by atoms with Crippen molar-refractivity contribution in [3.8, 4) is 0 Å². The summed E-state index contributed by atoms with van der Waals surface area (Å²) < 4.78 is 34.5. The molecule has 5 atom stereocenters. The SMILES string of the molecule is CO[C@H]1C2OC(C)(C)O[C@H]2O[C@@H]1C1COC(C)(C)O1. The van der Waals surface area contributed by atoms with Crippen LogP contribution in [0.1, 0.15) is 27.7 Å². The minimum absolute atomic E-state index is 0.166. The highest BCUT2D eigenvalue weighted by atomic mass is 16.8. The first-order valence-corrected chi connectivity index (χ1v) is 6.67. The van der Waals surface area contributed by atoms with Crippen molar-refractivity contribution in [2.75, 3.05) is 13.7 Å². The molecule has 2 unspecified atom stereocenters. The van der Waals surface area contributed by atoms with Crippen molar-refractivity contribution in [3.63, 3.8) is 0 Å². The van der Waals surface area contributed by atoms with Crippen LogP contribution < -0.4 is 0 Å². The van der Waals surface area contributed by atoms with Gasteiger partial charge in [-0.15, -0.1) is 0 Å². The van der Waals surface area contributed by atoms with Gasteiger partial charge >= 0.3 is 0 Å². The summed E-state index contributed by atoms with van der Waals surface area (Å²) in [4.78, 5) is 0. The van der Waals surface area contributed by atoms with Crippen LogP contribution in [0.15, 0.2) is 0 Å². The highest BCUT2D eigenvalue weighted by Crippen LogP contribution is 2.41. The molecule has 0 amide bonds. The molecule has 6 heteroatoms. The zero-order valence-corrected chi connectivity index (χ0v) is 12.0. The van der Waals surface area contributed by atoms with E-state index < -0.39 is 17.9 Å². The molecule has 3 rings (SSSR count). The second-order valence-corrected chi connectivity index (χ2v) is 6.14. The fourth-order valence-corrected chi connectivity index (χ4v) is 2.95.